The van der Waals surface area contributed by atoms with Gasteiger partial charge in [-0.25, -0.2) is 4.79 Å². The summed E-state index contributed by atoms with van der Waals surface area (Å²) in [6.45, 7) is 0. The van der Waals surface area contributed by atoms with Crippen LogP contribution in [0.2, 0.25) is 0 Å². The Balaban J connectivity index is 1.39. The van der Waals surface area contributed by atoms with E-state index < -0.39 is 5.76 Å². The first-order valence-corrected chi connectivity index (χ1v) is 11.0. The molecule has 0 radical (unpaired) electrons. The summed E-state index contributed by atoms with van der Waals surface area (Å²) >= 11 is 1.37. The zero-order valence-corrected chi connectivity index (χ0v) is 17.0. The zero-order chi connectivity index (χ0) is 20.5. The number of carbonyl (C=O) groups excluding carboxylic acids is 1. The lowest BCUT2D eigenvalue weighted by molar-refractivity contribution is 0.102. The van der Waals surface area contributed by atoms with Crippen molar-refractivity contribution < 1.29 is 13.6 Å². The fraction of sp³-hybridized carbons (Fsp3) is 0.333. The van der Waals surface area contributed by atoms with Gasteiger partial charge < -0.3 is 8.83 Å². The van der Waals surface area contributed by atoms with Crippen molar-refractivity contribution in [2.75, 3.05) is 5.75 Å². The minimum atomic E-state index is -0.532. The third kappa shape index (κ3) is 3.60. The molecule has 30 heavy (non-hydrogen) atoms. The molecule has 0 amide bonds. The molecular weight excluding hydrogens is 404 g/mol. The number of benzene rings is 1. The lowest BCUT2D eigenvalue weighted by atomic mass is 9.95. The molecule has 1 saturated carbocycles. The molecule has 1 aliphatic rings. The smallest absolute Gasteiger partial charge is 0.417 e. The number of aromatic nitrogens is 4. The van der Waals surface area contributed by atoms with Crippen LogP contribution in [0.3, 0.4) is 0 Å². The summed E-state index contributed by atoms with van der Waals surface area (Å²) in [4.78, 5) is 26.7. The summed E-state index contributed by atoms with van der Waals surface area (Å²) in [6.07, 6.45) is 7.35. The van der Waals surface area contributed by atoms with E-state index in [1.54, 1.807) is 24.5 Å². The van der Waals surface area contributed by atoms with Crippen molar-refractivity contribution in [3.05, 3.63) is 52.7 Å². The van der Waals surface area contributed by atoms with Crippen LogP contribution in [0.4, 0.5) is 0 Å². The molecule has 1 N–H and O–H groups in total. The van der Waals surface area contributed by atoms with Gasteiger partial charge in [0.1, 0.15) is 0 Å². The number of thioether (sulfide) groups is 1. The van der Waals surface area contributed by atoms with Crippen LogP contribution in [0.25, 0.3) is 22.7 Å². The molecule has 0 spiro atoms. The summed E-state index contributed by atoms with van der Waals surface area (Å²) in [7, 11) is 0. The normalized spacial score (nSPS) is 15.1. The second-order valence-corrected chi connectivity index (χ2v) is 8.33. The van der Waals surface area contributed by atoms with Crippen LogP contribution >= 0.6 is 11.8 Å². The Bertz CT molecular complexity index is 1230. The fourth-order valence-electron chi connectivity index (χ4n) is 3.95. The van der Waals surface area contributed by atoms with E-state index in [1.807, 2.05) is 12.1 Å². The number of rotatable bonds is 6. The first-order chi connectivity index (χ1) is 14.7. The van der Waals surface area contributed by atoms with Gasteiger partial charge in [0.05, 0.1) is 17.5 Å². The average molecular weight is 424 g/mol. The van der Waals surface area contributed by atoms with Gasteiger partial charge in [-0.1, -0.05) is 31.0 Å². The number of hydrogen-bond acceptors (Lipinski definition) is 7. The predicted octanol–water partition coefficient (Wildman–Crippen LogP) is 4.45. The highest BCUT2D eigenvalue weighted by molar-refractivity contribution is 7.99. The highest BCUT2D eigenvalue weighted by Crippen LogP contribution is 2.35. The summed E-state index contributed by atoms with van der Waals surface area (Å²) in [5.41, 5.74) is 1.44. The molecule has 0 saturated heterocycles. The van der Waals surface area contributed by atoms with Gasteiger partial charge >= 0.3 is 5.76 Å². The molecule has 9 heteroatoms. The molecule has 8 nitrogen and oxygen atoms in total. The lowest BCUT2D eigenvalue weighted by Crippen LogP contribution is -2.15. The number of Topliss-reactive ketones (excluding diaryl/α,β-unsaturated/α-hetero) is 1. The van der Waals surface area contributed by atoms with Gasteiger partial charge in [-0.05, 0) is 43.2 Å². The van der Waals surface area contributed by atoms with E-state index in [9.17, 15) is 9.59 Å². The molecule has 3 heterocycles. The summed E-state index contributed by atoms with van der Waals surface area (Å²) in [5.74, 6) is 0.999. The van der Waals surface area contributed by atoms with Crippen LogP contribution in [0.1, 0.15) is 48.5 Å². The second kappa shape index (κ2) is 7.98. The molecule has 0 bridgehead atoms. The van der Waals surface area contributed by atoms with E-state index in [1.165, 1.54) is 31.0 Å². The number of oxazole rings is 1. The number of aromatic amines is 1. The number of carbonyl (C=O) groups is 1. The van der Waals surface area contributed by atoms with Gasteiger partial charge in [-0.2, -0.15) is 0 Å². The summed E-state index contributed by atoms with van der Waals surface area (Å²) < 4.78 is 12.8. The second-order valence-electron chi connectivity index (χ2n) is 7.38. The van der Waals surface area contributed by atoms with Crippen molar-refractivity contribution in [2.45, 2.75) is 43.3 Å². The van der Waals surface area contributed by atoms with Crippen LogP contribution < -0.4 is 5.76 Å². The Kier molecular flexibility index (Phi) is 5.04. The molecular formula is C21H20N4O4S. The number of fused-ring (bicyclic) bond motifs is 1. The maximum atomic E-state index is 12.8. The summed E-state index contributed by atoms with van der Waals surface area (Å²) in [6, 6.07) is 8.98. The van der Waals surface area contributed by atoms with Crippen LogP contribution in [0.15, 0.2) is 55.4 Å². The van der Waals surface area contributed by atoms with Crippen LogP contribution in [-0.2, 0) is 0 Å². The van der Waals surface area contributed by atoms with Crippen molar-refractivity contribution in [2.24, 2.45) is 0 Å². The molecule has 4 aromatic rings. The molecule has 0 aliphatic heterocycles. The topological polar surface area (TPSA) is 107 Å². The van der Waals surface area contributed by atoms with Gasteiger partial charge in [0, 0.05) is 11.6 Å². The lowest BCUT2D eigenvalue weighted by Gasteiger charge is -2.25. The first kappa shape index (κ1) is 18.9. The quantitative estimate of drug-likeness (QED) is 0.360. The van der Waals surface area contributed by atoms with Gasteiger partial charge in [0.15, 0.2) is 22.3 Å². The average Bonchev–Trinajstić information content (AvgIpc) is 3.50. The Hall–Kier alpha value is -3.07. The Morgan fingerprint density at radius 2 is 2.07 bits per heavy atom. The van der Waals surface area contributed by atoms with E-state index in [0.29, 0.717) is 34.3 Å². The monoisotopic (exact) mass is 424 g/mol. The Morgan fingerprint density at radius 1 is 1.20 bits per heavy atom. The van der Waals surface area contributed by atoms with Crippen LogP contribution in [0.5, 0.6) is 0 Å². The number of H-pyrrole nitrogens is 1. The van der Waals surface area contributed by atoms with Crippen molar-refractivity contribution in [3.8, 4) is 11.6 Å². The molecule has 1 aromatic carbocycles. The van der Waals surface area contributed by atoms with Gasteiger partial charge in [0.25, 0.3) is 0 Å². The molecule has 3 aromatic heterocycles. The molecule has 1 fully saturated rings. The number of hydrogen-bond donors (Lipinski definition) is 1. The van der Waals surface area contributed by atoms with E-state index in [2.05, 4.69) is 19.7 Å². The Morgan fingerprint density at radius 3 is 2.87 bits per heavy atom. The van der Waals surface area contributed by atoms with E-state index >= 15 is 0 Å². The number of nitrogens with zero attached hydrogens (tertiary/aromatic N) is 3. The number of ketones is 1. The molecule has 5 rings (SSSR count). The highest BCUT2D eigenvalue weighted by Gasteiger charge is 2.25. The molecule has 1 aliphatic carbocycles. The zero-order valence-electron chi connectivity index (χ0n) is 16.2. The number of nitrogens with one attached hydrogen (secondary N) is 1. The molecule has 154 valence electrons. The third-order valence-corrected chi connectivity index (χ3v) is 6.36. The van der Waals surface area contributed by atoms with Gasteiger partial charge in [-0.15, -0.1) is 10.2 Å². The first-order valence-electron chi connectivity index (χ1n) is 9.97. The Labute approximate surface area is 175 Å². The van der Waals surface area contributed by atoms with E-state index in [-0.39, 0.29) is 11.5 Å². The van der Waals surface area contributed by atoms with Gasteiger partial charge in [-0.3, -0.25) is 14.3 Å². The maximum Gasteiger partial charge on any atom is 0.417 e. The predicted molar refractivity (Wildman–Crippen MR) is 112 cm³/mol. The standard InChI is InChI=1S/C21H20N4O4S/c26-16(13-8-9-15-18(11-13)29-21(27)22-15)12-30-20-24-23-19(17-7-4-10-28-17)25(20)14-5-2-1-3-6-14/h4,7-11,14H,1-3,5-6,12H2,(H,22,27). The molecule has 0 unspecified atom stereocenters. The highest BCUT2D eigenvalue weighted by atomic mass is 32.2. The largest absolute Gasteiger partial charge is 0.461 e. The van der Waals surface area contributed by atoms with Crippen molar-refractivity contribution in [1.82, 2.24) is 19.7 Å². The maximum absolute atomic E-state index is 12.8. The third-order valence-electron chi connectivity index (χ3n) is 5.42. The van der Waals surface area contributed by atoms with Crippen LogP contribution in [-0.4, -0.2) is 31.3 Å². The van der Waals surface area contributed by atoms with Crippen molar-refractivity contribution >= 4 is 28.6 Å². The van der Waals surface area contributed by atoms with E-state index in [0.717, 1.165) is 18.0 Å². The van der Waals surface area contributed by atoms with E-state index in [4.69, 9.17) is 8.83 Å². The SMILES string of the molecule is O=C(CSc1nnc(-c2ccco2)n1C1CCCCC1)c1ccc2[nH]c(=O)oc2c1. The van der Waals surface area contributed by atoms with Crippen LogP contribution in [0, 0.1) is 0 Å². The van der Waals surface area contributed by atoms with Crippen molar-refractivity contribution in [1.29, 1.82) is 0 Å². The molecule has 0 atom stereocenters. The minimum absolute atomic E-state index is 0.0662. The summed E-state index contributed by atoms with van der Waals surface area (Å²) in [5, 5.41) is 9.44. The fourth-order valence-corrected chi connectivity index (χ4v) is 4.85. The van der Waals surface area contributed by atoms with Gasteiger partial charge in [0.2, 0.25) is 5.82 Å². The van der Waals surface area contributed by atoms with Crippen molar-refractivity contribution in [3.63, 3.8) is 0 Å². The number of furan rings is 1. The minimum Gasteiger partial charge on any atom is -0.461 e.